The van der Waals surface area contributed by atoms with Gasteiger partial charge in [-0.2, -0.15) is 0 Å². The molecule has 0 spiro atoms. The number of pyridine rings is 1. The molecule has 0 N–H and O–H groups in total. The van der Waals surface area contributed by atoms with Gasteiger partial charge in [-0.1, -0.05) is 68.3 Å². The first-order chi connectivity index (χ1) is 12.2. The van der Waals surface area contributed by atoms with E-state index in [1.807, 2.05) is 6.20 Å². The number of hydrogen-bond acceptors (Lipinski definition) is 1. The third kappa shape index (κ3) is 3.46. The highest BCUT2D eigenvalue weighted by atomic mass is 14.6. The Morgan fingerprint density at radius 3 is 2.56 bits per heavy atom. The third-order valence-corrected chi connectivity index (χ3v) is 5.84. The molecular weight excluding hydrogens is 302 g/mol. The van der Waals surface area contributed by atoms with E-state index in [4.69, 9.17) is 0 Å². The SMILES string of the molecule is Cc1cncc(C(c2ccc3ccccc3c2)C2CCCC(C)C2)c1. The van der Waals surface area contributed by atoms with Crippen LogP contribution >= 0.6 is 0 Å². The number of benzene rings is 2. The van der Waals surface area contributed by atoms with E-state index >= 15 is 0 Å². The number of fused-ring (bicyclic) bond motifs is 1. The summed E-state index contributed by atoms with van der Waals surface area (Å²) in [6, 6.07) is 18.1. The molecule has 0 bridgehead atoms. The Kier molecular flexibility index (Phi) is 4.57. The van der Waals surface area contributed by atoms with E-state index < -0.39 is 0 Å². The number of hydrogen-bond donors (Lipinski definition) is 0. The largest absolute Gasteiger partial charge is 0.264 e. The minimum Gasteiger partial charge on any atom is -0.264 e. The Hall–Kier alpha value is -2.15. The molecule has 2 aromatic carbocycles. The van der Waals surface area contributed by atoms with Gasteiger partial charge in [-0.15, -0.1) is 0 Å². The highest BCUT2D eigenvalue weighted by Gasteiger charge is 2.29. The number of rotatable bonds is 3. The molecule has 1 aliphatic rings. The fourth-order valence-corrected chi connectivity index (χ4v) is 4.67. The Balaban J connectivity index is 1.80. The lowest BCUT2D eigenvalue weighted by Gasteiger charge is -2.34. The smallest absolute Gasteiger partial charge is 0.0306 e. The Morgan fingerprint density at radius 2 is 1.76 bits per heavy atom. The number of aryl methyl sites for hydroxylation is 1. The monoisotopic (exact) mass is 329 g/mol. The molecule has 4 rings (SSSR count). The zero-order chi connectivity index (χ0) is 17.2. The second-order valence-corrected chi connectivity index (χ2v) is 7.91. The van der Waals surface area contributed by atoms with Crippen LogP contribution in [0.4, 0.5) is 0 Å². The van der Waals surface area contributed by atoms with Gasteiger partial charge in [0, 0.05) is 18.3 Å². The van der Waals surface area contributed by atoms with Gasteiger partial charge in [0.05, 0.1) is 0 Å². The lowest BCUT2D eigenvalue weighted by Crippen LogP contribution is -2.21. The zero-order valence-corrected chi connectivity index (χ0v) is 15.3. The molecule has 0 radical (unpaired) electrons. The molecule has 1 heteroatoms. The van der Waals surface area contributed by atoms with Crippen LogP contribution in [0.3, 0.4) is 0 Å². The number of nitrogens with zero attached hydrogens (tertiary/aromatic N) is 1. The van der Waals surface area contributed by atoms with Crippen LogP contribution in [0.15, 0.2) is 60.9 Å². The highest BCUT2D eigenvalue weighted by Crippen LogP contribution is 2.42. The molecule has 1 nitrogen and oxygen atoms in total. The predicted octanol–water partition coefficient (Wildman–Crippen LogP) is 6.50. The van der Waals surface area contributed by atoms with Gasteiger partial charge in [0.15, 0.2) is 0 Å². The highest BCUT2D eigenvalue weighted by molar-refractivity contribution is 5.83. The fraction of sp³-hybridized carbons (Fsp3) is 0.375. The molecular formula is C24H27N. The minimum absolute atomic E-state index is 0.458. The second kappa shape index (κ2) is 7.00. The van der Waals surface area contributed by atoms with Crippen LogP contribution in [0.25, 0.3) is 10.8 Å². The van der Waals surface area contributed by atoms with E-state index in [1.165, 1.54) is 53.1 Å². The Morgan fingerprint density at radius 1 is 0.920 bits per heavy atom. The van der Waals surface area contributed by atoms with Gasteiger partial charge in [0.2, 0.25) is 0 Å². The molecule has 25 heavy (non-hydrogen) atoms. The van der Waals surface area contributed by atoms with Gasteiger partial charge in [-0.3, -0.25) is 4.98 Å². The summed E-state index contributed by atoms with van der Waals surface area (Å²) in [4.78, 5) is 4.51. The van der Waals surface area contributed by atoms with E-state index in [1.54, 1.807) is 0 Å². The van der Waals surface area contributed by atoms with Crippen molar-refractivity contribution in [2.75, 3.05) is 0 Å². The van der Waals surface area contributed by atoms with Crippen molar-refractivity contribution in [3.63, 3.8) is 0 Å². The molecule has 1 fully saturated rings. The molecule has 3 aromatic rings. The minimum atomic E-state index is 0.458. The molecule has 0 amide bonds. The molecule has 0 saturated heterocycles. The van der Waals surface area contributed by atoms with Crippen molar-refractivity contribution >= 4 is 10.8 Å². The predicted molar refractivity (Wildman–Crippen MR) is 106 cm³/mol. The Bertz CT molecular complexity index is 867. The average molecular weight is 329 g/mol. The van der Waals surface area contributed by atoms with Crippen molar-refractivity contribution in [1.29, 1.82) is 0 Å². The summed E-state index contributed by atoms with van der Waals surface area (Å²) in [5, 5.41) is 2.67. The molecule has 3 atom stereocenters. The van der Waals surface area contributed by atoms with E-state index in [2.05, 4.69) is 73.6 Å². The molecule has 128 valence electrons. The van der Waals surface area contributed by atoms with E-state index in [9.17, 15) is 0 Å². The molecule has 1 aromatic heterocycles. The molecule has 3 unspecified atom stereocenters. The summed E-state index contributed by atoms with van der Waals surface area (Å²) >= 11 is 0. The van der Waals surface area contributed by atoms with E-state index in [-0.39, 0.29) is 0 Å². The summed E-state index contributed by atoms with van der Waals surface area (Å²) in [5.74, 6) is 2.01. The van der Waals surface area contributed by atoms with Gasteiger partial charge in [-0.25, -0.2) is 0 Å². The first kappa shape index (κ1) is 16.3. The summed E-state index contributed by atoms with van der Waals surface area (Å²) < 4.78 is 0. The van der Waals surface area contributed by atoms with Crippen LogP contribution in [0.2, 0.25) is 0 Å². The van der Waals surface area contributed by atoms with Crippen molar-refractivity contribution in [3.05, 3.63) is 77.6 Å². The van der Waals surface area contributed by atoms with Crippen LogP contribution in [0, 0.1) is 18.8 Å². The first-order valence-corrected chi connectivity index (χ1v) is 9.61. The van der Waals surface area contributed by atoms with Crippen LogP contribution in [0.5, 0.6) is 0 Å². The van der Waals surface area contributed by atoms with Crippen molar-refractivity contribution in [2.45, 2.75) is 45.4 Å². The quantitative estimate of drug-likeness (QED) is 0.534. The van der Waals surface area contributed by atoms with Crippen molar-refractivity contribution < 1.29 is 0 Å². The van der Waals surface area contributed by atoms with Crippen molar-refractivity contribution in [1.82, 2.24) is 4.98 Å². The van der Waals surface area contributed by atoms with Gasteiger partial charge in [0.25, 0.3) is 0 Å². The maximum Gasteiger partial charge on any atom is 0.0306 e. The zero-order valence-electron chi connectivity index (χ0n) is 15.3. The number of aromatic nitrogens is 1. The van der Waals surface area contributed by atoms with E-state index in [0.717, 1.165) is 5.92 Å². The normalized spacial score (nSPS) is 22.0. The van der Waals surface area contributed by atoms with Gasteiger partial charge in [0.1, 0.15) is 0 Å². The van der Waals surface area contributed by atoms with Crippen LogP contribution in [-0.4, -0.2) is 4.98 Å². The second-order valence-electron chi connectivity index (χ2n) is 7.91. The Labute approximate surface area is 151 Å². The summed E-state index contributed by atoms with van der Waals surface area (Å²) in [5.41, 5.74) is 4.09. The van der Waals surface area contributed by atoms with Gasteiger partial charge >= 0.3 is 0 Å². The standard InChI is InChI=1S/C24H27N/c1-17-6-5-9-21(12-17)24(23-13-18(2)15-25-16-23)22-11-10-19-7-3-4-8-20(19)14-22/h3-4,7-8,10-11,13-17,21,24H,5-6,9,12H2,1-2H3. The van der Waals surface area contributed by atoms with Gasteiger partial charge < -0.3 is 0 Å². The summed E-state index contributed by atoms with van der Waals surface area (Å²) in [6.45, 7) is 4.57. The van der Waals surface area contributed by atoms with Crippen molar-refractivity contribution in [3.8, 4) is 0 Å². The maximum atomic E-state index is 4.51. The third-order valence-electron chi connectivity index (χ3n) is 5.84. The average Bonchev–Trinajstić information content (AvgIpc) is 2.62. The molecule has 1 saturated carbocycles. The lowest BCUT2D eigenvalue weighted by molar-refractivity contribution is 0.261. The molecule has 0 aliphatic heterocycles. The molecule has 1 aliphatic carbocycles. The van der Waals surface area contributed by atoms with Crippen LogP contribution in [-0.2, 0) is 0 Å². The molecule has 1 heterocycles. The fourth-order valence-electron chi connectivity index (χ4n) is 4.67. The summed E-state index contributed by atoms with van der Waals surface area (Å²) in [6.07, 6.45) is 9.44. The lowest BCUT2D eigenvalue weighted by atomic mass is 9.71. The van der Waals surface area contributed by atoms with Crippen molar-refractivity contribution in [2.24, 2.45) is 11.8 Å². The first-order valence-electron chi connectivity index (χ1n) is 9.61. The topological polar surface area (TPSA) is 12.9 Å². The maximum absolute atomic E-state index is 4.51. The summed E-state index contributed by atoms with van der Waals surface area (Å²) in [7, 11) is 0. The van der Waals surface area contributed by atoms with Crippen LogP contribution < -0.4 is 0 Å². The van der Waals surface area contributed by atoms with Gasteiger partial charge in [-0.05, 0) is 59.1 Å². The van der Waals surface area contributed by atoms with E-state index in [0.29, 0.717) is 11.8 Å². The van der Waals surface area contributed by atoms with Crippen LogP contribution in [0.1, 0.15) is 55.2 Å².